The molecule has 0 unspecified atom stereocenters. The molecule has 16 heavy (non-hydrogen) atoms. The second kappa shape index (κ2) is 3.70. The molecule has 0 N–H and O–H groups in total. The molecule has 2 aromatic rings. The van der Waals surface area contributed by atoms with Crippen molar-refractivity contribution in [1.82, 2.24) is 0 Å². The van der Waals surface area contributed by atoms with Crippen molar-refractivity contribution in [2.24, 2.45) is 0 Å². The number of fused-ring (bicyclic) bond motifs is 1. The minimum atomic E-state index is -4.66. The van der Waals surface area contributed by atoms with Gasteiger partial charge in [-0.1, -0.05) is 24.3 Å². The summed E-state index contributed by atoms with van der Waals surface area (Å²) in [6, 6.07) is 9.45. The van der Waals surface area contributed by atoms with E-state index in [-0.39, 0.29) is 5.75 Å². The Kier molecular flexibility index (Phi) is 2.50. The first-order valence-electron chi connectivity index (χ1n) is 4.56. The van der Waals surface area contributed by atoms with Crippen molar-refractivity contribution in [2.45, 2.75) is 6.36 Å². The third-order valence-electron chi connectivity index (χ3n) is 2.18. The fourth-order valence-electron chi connectivity index (χ4n) is 1.53. The van der Waals surface area contributed by atoms with Crippen molar-refractivity contribution in [1.29, 1.82) is 0 Å². The lowest BCUT2D eigenvalue weighted by molar-refractivity contribution is -0.274. The maximum Gasteiger partial charge on any atom is 0.573 e. The molecule has 83 valence electrons. The molecule has 0 aliphatic rings. The molecule has 0 aliphatic carbocycles. The van der Waals surface area contributed by atoms with Crippen LogP contribution >= 0.6 is 0 Å². The average molecular weight is 225 g/mol. The number of hydrogen-bond donors (Lipinski definition) is 0. The maximum absolute atomic E-state index is 12.0. The fraction of sp³-hybridized carbons (Fsp3) is 0.0833. The van der Waals surface area contributed by atoms with Crippen LogP contribution in [0.3, 0.4) is 0 Å². The van der Waals surface area contributed by atoms with E-state index in [0.717, 1.165) is 10.9 Å². The summed E-state index contributed by atoms with van der Waals surface area (Å²) in [5, 5.41) is 1.49. The van der Waals surface area contributed by atoms with Gasteiger partial charge < -0.3 is 4.74 Å². The van der Waals surface area contributed by atoms with E-state index in [4.69, 9.17) is 0 Å². The van der Waals surface area contributed by atoms with E-state index in [1.165, 1.54) is 12.1 Å². The van der Waals surface area contributed by atoms with E-state index in [2.05, 4.69) is 11.7 Å². The Morgan fingerprint density at radius 2 is 1.81 bits per heavy atom. The third-order valence-corrected chi connectivity index (χ3v) is 2.18. The van der Waals surface area contributed by atoms with Crippen LogP contribution < -0.4 is 4.74 Å². The van der Waals surface area contributed by atoms with E-state index < -0.39 is 6.36 Å². The summed E-state index contributed by atoms with van der Waals surface area (Å²) < 4.78 is 39.8. The summed E-state index contributed by atoms with van der Waals surface area (Å²) in [5.74, 6) is -0.217. The number of benzene rings is 2. The van der Waals surface area contributed by atoms with Gasteiger partial charge in [0.15, 0.2) is 0 Å². The molecular formula is C12H8F3O. The highest BCUT2D eigenvalue weighted by molar-refractivity contribution is 5.87. The van der Waals surface area contributed by atoms with E-state index in [1.54, 1.807) is 24.3 Å². The van der Waals surface area contributed by atoms with Crippen molar-refractivity contribution < 1.29 is 17.9 Å². The minimum Gasteiger partial charge on any atom is -0.406 e. The Labute approximate surface area is 90.5 Å². The monoisotopic (exact) mass is 225 g/mol. The van der Waals surface area contributed by atoms with Crippen molar-refractivity contribution in [3.05, 3.63) is 48.9 Å². The van der Waals surface area contributed by atoms with Gasteiger partial charge in [-0.2, -0.15) is 0 Å². The molecule has 1 radical (unpaired) electrons. The first-order chi connectivity index (χ1) is 7.46. The van der Waals surface area contributed by atoms with E-state index in [1.807, 2.05) is 0 Å². The molecule has 2 rings (SSSR count). The van der Waals surface area contributed by atoms with E-state index >= 15 is 0 Å². The fourth-order valence-corrected chi connectivity index (χ4v) is 1.53. The number of alkyl halides is 3. The summed E-state index contributed by atoms with van der Waals surface area (Å²) in [7, 11) is 0. The molecule has 0 fully saturated rings. The molecule has 0 saturated heterocycles. The summed E-state index contributed by atoms with van der Waals surface area (Å²) in [6.45, 7) is 3.79. The molecule has 0 spiro atoms. The highest BCUT2D eigenvalue weighted by Gasteiger charge is 2.31. The molecule has 0 bridgehead atoms. The summed E-state index contributed by atoms with van der Waals surface area (Å²) in [5.41, 5.74) is 0.774. The van der Waals surface area contributed by atoms with Crippen molar-refractivity contribution in [3.63, 3.8) is 0 Å². The summed E-state index contributed by atoms with van der Waals surface area (Å²) in [4.78, 5) is 0. The van der Waals surface area contributed by atoms with Gasteiger partial charge in [0.05, 0.1) is 0 Å². The van der Waals surface area contributed by atoms with Gasteiger partial charge in [-0.3, -0.25) is 0 Å². The Bertz CT molecular complexity index is 517. The summed E-state index contributed by atoms with van der Waals surface area (Å²) >= 11 is 0. The highest BCUT2D eigenvalue weighted by Crippen LogP contribution is 2.27. The normalized spacial score (nSPS) is 11.8. The number of rotatable bonds is 1. The van der Waals surface area contributed by atoms with Crippen LogP contribution in [0.2, 0.25) is 0 Å². The average Bonchev–Trinajstić information content (AvgIpc) is 2.15. The molecule has 2 aromatic carbocycles. The van der Waals surface area contributed by atoms with Crippen LogP contribution in [0.1, 0.15) is 5.56 Å². The standard InChI is InChI=1S/C12H8F3O/c1-8-3-2-4-9-7-10(5-6-11(8)9)16-12(13,14)15/h2-7H,1H2. The third kappa shape index (κ3) is 2.27. The molecule has 0 heterocycles. The van der Waals surface area contributed by atoms with Gasteiger partial charge in [-0.25, -0.2) is 0 Å². The zero-order valence-electron chi connectivity index (χ0n) is 8.21. The van der Waals surface area contributed by atoms with Gasteiger partial charge in [0, 0.05) is 0 Å². The topological polar surface area (TPSA) is 9.23 Å². The summed E-state index contributed by atoms with van der Waals surface area (Å²) in [6.07, 6.45) is -4.66. The lowest BCUT2D eigenvalue weighted by atomic mass is 10.1. The minimum absolute atomic E-state index is 0.217. The van der Waals surface area contributed by atoms with Crippen LogP contribution in [-0.2, 0) is 0 Å². The second-order valence-corrected chi connectivity index (χ2v) is 3.35. The van der Waals surface area contributed by atoms with Crippen LogP contribution in [0.4, 0.5) is 13.2 Å². The maximum atomic E-state index is 12.0. The van der Waals surface area contributed by atoms with Gasteiger partial charge in [0.2, 0.25) is 0 Å². The Hall–Kier alpha value is -1.71. The SMILES string of the molecule is [CH2]c1cccc2cc(OC(F)(F)F)ccc12. The lowest BCUT2D eigenvalue weighted by Gasteiger charge is -2.10. The quantitative estimate of drug-likeness (QED) is 0.714. The second-order valence-electron chi connectivity index (χ2n) is 3.35. The Morgan fingerprint density at radius 3 is 2.50 bits per heavy atom. The molecule has 1 nitrogen and oxygen atoms in total. The smallest absolute Gasteiger partial charge is 0.406 e. The van der Waals surface area contributed by atoms with Crippen molar-refractivity contribution >= 4 is 10.8 Å². The zero-order valence-corrected chi connectivity index (χ0v) is 8.21. The zero-order chi connectivity index (χ0) is 11.8. The van der Waals surface area contributed by atoms with Crippen LogP contribution in [-0.4, -0.2) is 6.36 Å². The van der Waals surface area contributed by atoms with Gasteiger partial charge in [0.25, 0.3) is 0 Å². The Morgan fingerprint density at radius 1 is 1.06 bits per heavy atom. The predicted octanol–water partition coefficient (Wildman–Crippen LogP) is 3.92. The van der Waals surface area contributed by atoms with Crippen molar-refractivity contribution in [2.75, 3.05) is 0 Å². The van der Waals surface area contributed by atoms with Crippen LogP contribution in [0.5, 0.6) is 5.75 Å². The van der Waals surface area contributed by atoms with Gasteiger partial charge in [0.1, 0.15) is 5.75 Å². The van der Waals surface area contributed by atoms with Gasteiger partial charge in [-0.05, 0) is 35.4 Å². The van der Waals surface area contributed by atoms with Gasteiger partial charge >= 0.3 is 6.36 Å². The molecule has 0 aliphatic heterocycles. The molecule has 0 atom stereocenters. The first kappa shape index (κ1) is 10.8. The van der Waals surface area contributed by atoms with Crippen LogP contribution in [0, 0.1) is 6.92 Å². The molecule has 0 aromatic heterocycles. The molecule has 4 heteroatoms. The van der Waals surface area contributed by atoms with Crippen LogP contribution in [0.15, 0.2) is 36.4 Å². The van der Waals surface area contributed by atoms with Crippen molar-refractivity contribution in [3.8, 4) is 5.75 Å². The van der Waals surface area contributed by atoms with Gasteiger partial charge in [-0.15, -0.1) is 13.2 Å². The number of hydrogen-bond acceptors (Lipinski definition) is 1. The molecular weight excluding hydrogens is 217 g/mol. The predicted molar refractivity (Wildman–Crippen MR) is 55.1 cm³/mol. The molecule has 0 saturated carbocycles. The highest BCUT2D eigenvalue weighted by atomic mass is 19.4. The number of halogens is 3. The largest absolute Gasteiger partial charge is 0.573 e. The first-order valence-corrected chi connectivity index (χ1v) is 4.56. The van der Waals surface area contributed by atoms with E-state index in [0.29, 0.717) is 5.39 Å². The molecule has 0 amide bonds. The number of ether oxygens (including phenoxy) is 1. The van der Waals surface area contributed by atoms with E-state index in [9.17, 15) is 13.2 Å². The Balaban J connectivity index is 2.45. The van der Waals surface area contributed by atoms with Crippen LogP contribution in [0.25, 0.3) is 10.8 Å². The lowest BCUT2D eigenvalue weighted by Crippen LogP contribution is -2.16.